The molecule has 0 saturated heterocycles. The fourth-order valence-electron chi connectivity index (χ4n) is 1.32. The number of fused-ring (bicyclic) bond motifs is 1. The van der Waals surface area contributed by atoms with Gasteiger partial charge in [-0.25, -0.2) is 0 Å². The Balaban J connectivity index is 2.67. The summed E-state index contributed by atoms with van der Waals surface area (Å²) in [5, 5.41) is 3.54. The van der Waals surface area contributed by atoms with E-state index in [4.69, 9.17) is 17.3 Å². The van der Waals surface area contributed by atoms with Gasteiger partial charge < -0.3 is 5.73 Å². The zero-order chi connectivity index (χ0) is 10.1. The Morgan fingerprint density at radius 1 is 1.43 bits per heavy atom. The number of ketones is 1. The van der Waals surface area contributed by atoms with E-state index >= 15 is 0 Å². The maximum Gasteiger partial charge on any atom is 0.177 e. The molecule has 72 valence electrons. The van der Waals surface area contributed by atoms with Gasteiger partial charge in [0.25, 0.3) is 0 Å². The first kappa shape index (κ1) is 9.65. The van der Waals surface area contributed by atoms with E-state index in [2.05, 4.69) is 0 Å². The first-order chi connectivity index (χ1) is 6.74. The van der Waals surface area contributed by atoms with E-state index in [1.54, 1.807) is 6.07 Å². The molecule has 14 heavy (non-hydrogen) atoms. The molecule has 2 nitrogen and oxygen atoms in total. The Morgan fingerprint density at radius 3 is 2.93 bits per heavy atom. The van der Waals surface area contributed by atoms with Gasteiger partial charge in [0.1, 0.15) is 0 Å². The lowest BCUT2D eigenvalue weighted by atomic mass is 10.1. The van der Waals surface area contributed by atoms with Crippen LogP contribution < -0.4 is 5.73 Å². The highest BCUT2D eigenvalue weighted by atomic mass is 35.5. The molecule has 0 bridgehead atoms. The van der Waals surface area contributed by atoms with Crippen LogP contribution in [0, 0.1) is 0 Å². The van der Waals surface area contributed by atoms with Crippen LogP contribution in [0.4, 0.5) is 0 Å². The van der Waals surface area contributed by atoms with Crippen molar-refractivity contribution in [2.24, 2.45) is 5.73 Å². The molecule has 0 aliphatic carbocycles. The molecule has 4 heteroatoms. The highest BCUT2D eigenvalue weighted by Crippen LogP contribution is 2.31. The van der Waals surface area contributed by atoms with Gasteiger partial charge in [0, 0.05) is 5.56 Å². The molecule has 2 rings (SSSR count). The lowest BCUT2D eigenvalue weighted by molar-refractivity contribution is 0.100. The van der Waals surface area contributed by atoms with Crippen LogP contribution in [0.5, 0.6) is 0 Å². The standard InChI is InChI=1S/C10H8ClNOS/c11-9-7(8(13)5-12)2-1-6-3-4-14-10(6)9/h1-4H,5,12H2. The van der Waals surface area contributed by atoms with Crippen molar-refractivity contribution in [3.05, 3.63) is 34.2 Å². The van der Waals surface area contributed by atoms with E-state index in [0.717, 1.165) is 10.1 Å². The second-order valence-corrected chi connectivity index (χ2v) is 4.19. The molecule has 0 saturated carbocycles. The van der Waals surface area contributed by atoms with E-state index in [0.29, 0.717) is 10.6 Å². The number of thiophene rings is 1. The second kappa shape index (κ2) is 3.69. The van der Waals surface area contributed by atoms with Crippen LogP contribution in [0.2, 0.25) is 5.02 Å². The van der Waals surface area contributed by atoms with Crippen LogP contribution in [0.1, 0.15) is 10.4 Å². The zero-order valence-electron chi connectivity index (χ0n) is 7.29. The molecule has 0 aliphatic heterocycles. The van der Waals surface area contributed by atoms with Gasteiger partial charge in [0.05, 0.1) is 16.3 Å². The van der Waals surface area contributed by atoms with Gasteiger partial charge in [0.2, 0.25) is 0 Å². The molecule has 0 fully saturated rings. The lowest BCUT2D eigenvalue weighted by Crippen LogP contribution is -2.13. The summed E-state index contributed by atoms with van der Waals surface area (Å²) in [5.74, 6) is -0.120. The molecule has 2 aromatic rings. The minimum Gasteiger partial charge on any atom is -0.324 e. The predicted octanol–water partition coefficient (Wildman–Crippen LogP) is 2.70. The maximum absolute atomic E-state index is 11.4. The third kappa shape index (κ3) is 1.43. The third-order valence-corrected chi connectivity index (χ3v) is 3.50. The predicted molar refractivity (Wildman–Crippen MR) is 60.2 cm³/mol. The summed E-state index contributed by atoms with van der Waals surface area (Å²) < 4.78 is 0.950. The molecule has 1 heterocycles. The van der Waals surface area contributed by atoms with Gasteiger partial charge in [-0.1, -0.05) is 17.7 Å². The van der Waals surface area contributed by atoms with Crippen LogP contribution >= 0.6 is 22.9 Å². The summed E-state index contributed by atoms with van der Waals surface area (Å²) in [6, 6.07) is 5.59. The van der Waals surface area contributed by atoms with Crippen molar-refractivity contribution in [3.63, 3.8) is 0 Å². The summed E-state index contributed by atoms with van der Waals surface area (Å²) in [6.45, 7) is -0.00337. The Kier molecular flexibility index (Phi) is 2.54. The Bertz CT molecular complexity index is 492. The van der Waals surface area contributed by atoms with E-state index in [-0.39, 0.29) is 12.3 Å². The van der Waals surface area contributed by atoms with E-state index < -0.39 is 0 Å². The number of hydrogen-bond acceptors (Lipinski definition) is 3. The van der Waals surface area contributed by atoms with Gasteiger partial charge in [-0.3, -0.25) is 4.79 Å². The van der Waals surface area contributed by atoms with Crippen LogP contribution in [0.15, 0.2) is 23.6 Å². The Labute approximate surface area is 90.3 Å². The van der Waals surface area contributed by atoms with Gasteiger partial charge in [-0.15, -0.1) is 11.3 Å². The monoisotopic (exact) mass is 225 g/mol. The quantitative estimate of drug-likeness (QED) is 0.799. The van der Waals surface area contributed by atoms with Crippen molar-refractivity contribution in [2.75, 3.05) is 6.54 Å². The Hall–Kier alpha value is -0.900. The molecule has 1 aromatic heterocycles. The number of halogens is 1. The lowest BCUT2D eigenvalue weighted by Gasteiger charge is -2.01. The molecule has 0 spiro atoms. The minimum atomic E-state index is -0.120. The fourth-order valence-corrected chi connectivity index (χ4v) is 2.57. The van der Waals surface area contributed by atoms with Crippen LogP contribution in [0.25, 0.3) is 10.1 Å². The highest BCUT2D eigenvalue weighted by Gasteiger charge is 2.11. The molecular weight excluding hydrogens is 218 g/mol. The zero-order valence-corrected chi connectivity index (χ0v) is 8.86. The smallest absolute Gasteiger partial charge is 0.177 e. The fraction of sp³-hybridized carbons (Fsp3) is 0.100. The van der Waals surface area contributed by atoms with Crippen LogP contribution in [0.3, 0.4) is 0 Å². The van der Waals surface area contributed by atoms with Gasteiger partial charge in [-0.05, 0) is 22.9 Å². The maximum atomic E-state index is 11.4. The van der Waals surface area contributed by atoms with Gasteiger partial charge in [-0.2, -0.15) is 0 Å². The summed E-state index contributed by atoms with van der Waals surface area (Å²) >= 11 is 7.62. The van der Waals surface area contributed by atoms with Crippen molar-refractivity contribution >= 4 is 38.8 Å². The van der Waals surface area contributed by atoms with E-state index in [1.807, 2.05) is 17.5 Å². The number of hydrogen-bond donors (Lipinski definition) is 1. The molecule has 2 N–H and O–H groups in total. The normalized spacial score (nSPS) is 10.7. The first-order valence-electron chi connectivity index (χ1n) is 4.13. The third-order valence-electron chi connectivity index (χ3n) is 2.05. The molecular formula is C10H8ClNOS. The largest absolute Gasteiger partial charge is 0.324 e. The van der Waals surface area contributed by atoms with Crippen molar-refractivity contribution in [3.8, 4) is 0 Å². The number of carbonyl (C=O) groups is 1. The van der Waals surface area contributed by atoms with Crippen molar-refractivity contribution in [1.29, 1.82) is 0 Å². The summed E-state index contributed by atoms with van der Waals surface area (Å²) in [4.78, 5) is 11.4. The average molecular weight is 226 g/mol. The molecule has 0 amide bonds. The van der Waals surface area contributed by atoms with Crippen LogP contribution in [-0.4, -0.2) is 12.3 Å². The van der Waals surface area contributed by atoms with E-state index in [9.17, 15) is 4.79 Å². The minimum absolute atomic E-state index is 0.00337. The highest BCUT2D eigenvalue weighted by molar-refractivity contribution is 7.17. The average Bonchev–Trinajstić information content (AvgIpc) is 2.66. The molecule has 0 radical (unpaired) electrons. The number of Topliss-reactive ketones (excluding diaryl/α,β-unsaturated/α-hetero) is 1. The molecule has 0 aliphatic rings. The number of benzene rings is 1. The second-order valence-electron chi connectivity index (χ2n) is 2.89. The summed E-state index contributed by atoms with van der Waals surface area (Å²) in [7, 11) is 0. The van der Waals surface area contributed by atoms with Crippen molar-refractivity contribution < 1.29 is 4.79 Å². The van der Waals surface area contributed by atoms with Crippen molar-refractivity contribution in [2.45, 2.75) is 0 Å². The van der Waals surface area contributed by atoms with Crippen LogP contribution in [-0.2, 0) is 0 Å². The summed E-state index contributed by atoms with van der Waals surface area (Å²) in [5.41, 5.74) is 5.81. The number of rotatable bonds is 2. The van der Waals surface area contributed by atoms with Crippen molar-refractivity contribution in [1.82, 2.24) is 0 Å². The summed E-state index contributed by atoms with van der Waals surface area (Å²) in [6.07, 6.45) is 0. The number of carbonyl (C=O) groups excluding carboxylic acids is 1. The SMILES string of the molecule is NCC(=O)c1ccc2ccsc2c1Cl. The van der Waals surface area contributed by atoms with Gasteiger partial charge in [0.15, 0.2) is 5.78 Å². The van der Waals surface area contributed by atoms with Gasteiger partial charge >= 0.3 is 0 Å². The Morgan fingerprint density at radius 2 is 2.21 bits per heavy atom. The topological polar surface area (TPSA) is 43.1 Å². The number of nitrogens with two attached hydrogens (primary N) is 1. The molecule has 0 unspecified atom stereocenters. The molecule has 0 atom stereocenters. The molecule has 1 aromatic carbocycles. The van der Waals surface area contributed by atoms with E-state index in [1.165, 1.54) is 11.3 Å². The first-order valence-corrected chi connectivity index (χ1v) is 5.39.